The number of carbonyl (C=O) groups is 3. The van der Waals surface area contributed by atoms with Crippen molar-refractivity contribution in [1.29, 1.82) is 0 Å². The molecule has 0 saturated heterocycles. The van der Waals surface area contributed by atoms with Crippen LogP contribution in [0.25, 0.3) is 6.08 Å². The molecule has 7 nitrogen and oxygen atoms in total. The number of amides is 2. The number of hydrogen-bond donors (Lipinski definition) is 1. The topological polar surface area (TPSA) is 98.9 Å². The van der Waals surface area contributed by atoms with Crippen LogP contribution in [0.2, 0.25) is 0 Å². The molecular formula is C27H26N2O5. The predicted octanol–water partition coefficient (Wildman–Crippen LogP) is 3.48. The quantitative estimate of drug-likeness (QED) is 0.469. The van der Waals surface area contributed by atoms with Crippen molar-refractivity contribution in [3.8, 4) is 11.5 Å². The van der Waals surface area contributed by atoms with E-state index in [1.54, 1.807) is 54.6 Å². The van der Waals surface area contributed by atoms with E-state index in [4.69, 9.17) is 15.2 Å². The van der Waals surface area contributed by atoms with Crippen LogP contribution < -0.4 is 15.2 Å². The summed E-state index contributed by atoms with van der Waals surface area (Å²) in [4.78, 5) is 39.5. The molecule has 0 aromatic heterocycles. The number of ether oxygens (including phenoxy) is 2. The zero-order valence-corrected chi connectivity index (χ0v) is 19.0. The Labute approximate surface area is 198 Å². The Balaban J connectivity index is 2.05. The second kappa shape index (κ2) is 11.5. The summed E-state index contributed by atoms with van der Waals surface area (Å²) in [5, 5.41) is 0. The Morgan fingerprint density at radius 1 is 0.882 bits per heavy atom. The number of rotatable bonds is 10. The maximum atomic E-state index is 13.5. The first-order valence-electron chi connectivity index (χ1n) is 10.6. The molecule has 0 fully saturated rings. The zero-order valence-electron chi connectivity index (χ0n) is 19.0. The number of nitrogens with zero attached hydrogens (tertiary/aromatic N) is 1. The molecule has 0 spiro atoms. The number of nitrogens with two attached hydrogens (primary N) is 1. The van der Waals surface area contributed by atoms with Crippen LogP contribution in [0.15, 0.2) is 85.1 Å². The number of Topliss-reactive ketones (excluding diaryl/α,β-unsaturated/α-hetero) is 1. The molecule has 3 rings (SSSR count). The third-order valence-corrected chi connectivity index (χ3v) is 5.24. The molecule has 0 saturated carbocycles. The van der Waals surface area contributed by atoms with Gasteiger partial charge >= 0.3 is 0 Å². The van der Waals surface area contributed by atoms with E-state index in [1.165, 1.54) is 25.3 Å². The van der Waals surface area contributed by atoms with E-state index in [1.807, 2.05) is 30.3 Å². The summed E-state index contributed by atoms with van der Waals surface area (Å²) in [5.74, 6) is -1.33. The minimum absolute atomic E-state index is 0.122. The molecule has 1 unspecified atom stereocenters. The molecule has 34 heavy (non-hydrogen) atoms. The smallest absolute Gasteiger partial charge is 0.287 e. The highest BCUT2D eigenvalue weighted by molar-refractivity contribution is 6.38. The van der Waals surface area contributed by atoms with Crippen molar-refractivity contribution < 1.29 is 23.9 Å². The molecule has 2 amide bonds. The van der Waals surface area contributed by atoms with Gasteiger partial charge in [-0.2, -0.15) is 0 Å². The lowest BCUT2D eigenvalue weighted by Crippen LogP contribution is -2.47. The molecule has 0 aliphatic rings. The minimum atomic E-state index is -1.12. The van der Waals surface area contributed by atoms with Crippen LogP contribution >= 0.6 is 0 Å². The molecule has 0 aliphatic heterocycles. The van der Waals surface area contributed by atoms with Crippen LogP contribution in [-0.2, 0) is 16.0 Å². The number of primary amides is 1. The predicted molar refractivity (Wildman–Crippen MR) is 129 cm³/mol. The lowest BCUT2D eigenvalue weighted by atomic mass is 9.99. The maximum absolute atomic E-state index is 13.5. The lowest BCUT2D eigenvalue weighted by Gasteiger charge is -2.27. The van der Waals surface area contributed by atoms with Gasteiger partial charge < -0.3 is 20.1 Å². The van der Waals surface area contributed by atoms with Gasteiger partial charge in [0.2, 0.25) is 5.78 Å². The molecule has 0 heterocycles. The third kappa shape index (κ3) is 5.89. The molecule has 0 radical (unpaired) electrons. The Hall–Kier alpha value is -4.39. The van der Waals surface area contributed by atoms with E-state index in [0.29, 0.717) is 22.6 Å². The van der Waals surface area contributed by atoms with Crippen LogP contribution in [0.5, 0.6) is 11.5 Å². The molecule has 0 aliphatic carbocycles. The second-order valence-electron chi connectivity index (χ2n) is 7.44. The van der Waals surface area contributed by atoms with Crippen LogP contribution in [0.3, 0.4) is 0 Å². The molecule has 1 atom stereocenters. The van der Waals surface area contributed by atoms with Gasteiger partial charge in [-0.05, 0) is 41.5 Å². The zero-order chi connectivity index (χ0) is 24.5. The van der Waals surface area contributed by atoms with Crippen molar-refractivity contribution in [2.45, 2.75) is 12.5 Å². The molecule has 0 bridgehead atoms. The van der Waals surface area contributed by atoms with Gasteiger partial charge in [0, 0.05) is 18.2 Å². The van der Waals surface area contributed by atoms with E-state index in [-0.39, 0.29) is 6.42 Å². The van der Waals surface area contributed by atoms with E-state index in [9.17, 15) is 14.4 Å². The van der Waals surface area contributed by atoms with Crippen LogP contribution in [-0.4, -0.2) is 42.8 Å². The van der Waals surface area contributed by atoms with Crippen molar-refractivity contribution in [1.82, 2.24) is 4.90 Å². The van der Waals surface area contributed by atoms with Crippen molar-refractivity contribution in [2.24, 2.45) is 5.73 Å². The van der Waals surface area contributed by atoms with Gasteiger partial charge in [0.25, 0.3) is 11.8 Å². The van der Waals surface area contributed by atoms with E-state index in [2.05, 4.69) is 0 Å². The SMILES string of the molecule is COc1ccc(/C=C/N(C(=O)c2ccccc2)C(Cc2ccccc2)C(=O)C(N)=O)cc1OC. The number of ketones is 1. The van der Waals surface area contributed by atoms with Gasteiger partial charge in [0.1, 0.15) is 6.04 Å². The van der Waals surface area contributed by atoms with Crippen molar-refractivity contribution in [3.63, 3.8) is 0 Å². The van der Waals surface area contributed by atoms with E-state index >= 15 is 0 Å². The number of carbonyl (C=O) groups excluding carboxylic acids is 3. The van der Waals surface area contributed by atoms with Gasteiger partial charge in [0.05, 0.1) is 14.2 Å². The Morgan fingerprint density at radius 2 is 1.50 bits per heavy atom. The van der Waals surface area contributed by atoms with Crippen LogP contribution in [0, 0.1) is 0 Å². The monoisotopic (exact) mass is 458 g/mol. The highest BCUT2D eigenvalue weighted by Crippen LogP contribution is 2.28. The molecule has 174 valence electrons. The first-order chi connectivity index (χ1) is 16.4. The summed E-state index contributed by atoms with van der Waals surface area (Å²) in [5.41, 5.74) is 7.22. The van der Waals surface area contributed by atoms with Crippen LogP contribution in [0.4, 0.5) is 0 Å². The fourth-order valence-corrected chi connectivity index (χ4v) is 3.48. The van der Waals surface area contributed by atoms with Crippen molar-refractivity contribution in [2.75, 3.05) is 14.2 Å². The van der Waals surface area contributed by atoms with Gasteiger partial charge in [-0.1, -0.05) is 54.6 Å². The average molecular weight is 459 g/mol. The number of benzene rings is 3. The molecule has 3 aromatic rings. The standard InChI is InChI=1S/C27H26N2O5/c1-33-23-14-13-20(18-24(23)34-2)15-16-29(27(32)21-11-7-4-8-12-21)22(25(30)26(28)31)17-19-9-5-3-6-10-19/h3-16,18,22H,17H2,1-2H3,(H2,28,31)/b16-15+. The first kappa shape index (κ1) is 24.3. The maximum Gasteiger partial charge on any atom is 0.287 e. The summed E-state index contributed by atoms with van der Waals surface area (Å²) < 4.78 is 10.6. The summed E-state index contributed by atoms with van der Waals surface area (Å²) in [6.07, 6.45) is 3.28. The van der Waals surface area contributed by atoms with Gasteiger partial charge in [-0.25, -0.2) is 0 Å². The summed E-state index contributed by atoms with van der Waals surface area (Å²) in [6.45, 7) is 0. The lowest BCUT2D eigenvalue weighted by molar-refractivity contribution is -0.138. The summed E-state index contributed by atoms with van der Waals surface area (Å²) in [7, 11) is 3.06. The van der Waals surface area contributed by atoms with Crippen molar-refractivity contribution in [3.05, 3.63) is 102 Å². The molecule has 3 aromatic carbocycles. The number of hydrogen-bond acceptors (Lipinski definition) is 5. The van der Waals surface area contributed by atoms with Gasteiger partial charge in [-0.3, -0.25) is 14.4 Å². The molecule has 2 N–H and O–H groups in total. The Bertz CT molecular complexity index is 1180. The van der Waals surface area contributed by atoms with E-state index < -0.39 is 23.6 Å². The molecule has 7 heteroatoms. The number of methoxy groups -OCH3 is 2. The average Bonchev–Trinajstić information content (AvgIpc) is 2.88. The van der Waals surface area contributed by atoms with Gasteiger partial charge in [-0.15, -0.1) is 0 Å². The fraction of sp³-hybridized carbons (Fsp3) is 0.148. The molecular weight excluding hydrogens is 432 g/mol. The third-order valence-electron chi connectivity index (χ3n) is 5.24. The highest BCUT2D eigenvalue weighted by Gasteiger charge is 2.32. The Kier molecular flexibility index (Phi) is 8.18. The second-order valence-corrected chi connectivity index (χ2v) is 7.44. The largest absolute Gasteiger partial charge is 0.493 e. The highest BCUT2D eigenvalue weighted by atomic mass is 16.5. The van der Waals surface area contributed by atoms with Crippen molar-refractivity contribution >= 4 is 23.7 Å². The fourth-order valence-electron chi connectivity index (χ4n) is 3.48. The first-order valence-corrected chi connectivity index (χ1v) is 10.6. The van der Waals surface area contributed by atoms with Crippen LogP contribution in [0.1, 0.15) is 21.5 Å². The summed E-state index contributed by atoms with van der Waals surface area (Å²) >= 11 is 0. The van der Waals surface area contributed by atoms with Gasteiger partial charge in [0.15, 0.2) is 11.5 Å². The normalized spacial score (nSPS) is 11.6. The minimum Gasteiger partial charge on any atom is -0.493 e. The Morgan fingerprint density at radius 3 is 2.09 bits per heavy atom. The van der Waals surface area contributed by atoms with E-state index in [0.717, 1.165) is 5.56 Å². The summed E-state index contributed by atoms with van der Waals surface area (Å²) in [6, 6.07) is 21.8.